The molecule has 8 nitrogen and oxygen atoms in total. The summed E-state index contributed by atoms with van der Waals surface area (Å²) in [4.78, 5) is 17.7. The minimum Gasteiger partial charge on any atom is -0.486 e. The Kier molecular flexibility index (Phi) is 7.72. The summed E-state index contributed by atoms with van der Waals surface area (Å²) in [5.74, 6) is 7.46. The Morgan fingerprint density at radius 3 is 2.75 bits per heavy atom. The van der Waals surface area contributed by atoms with E-state index in [1.165, 1.54) is 25.7 Å². The number of carbonyl (C=O) groups is 1. The molecular weight excluding hydrogens is 474 g/mol. The van der Waals surface area contributed by atoms with Gasteiger partial charge < -0.3 is 14.4 Å². The van der Waals surface area contributed by atoms with Crippen LogP contribution in [0.5, 0.6) is 5.75 Å². The van der Waals surface area contributed by atoms with E-state index in [1.807, 2.05) is 48.0 Å². The van der Waals surface area contributed by atoms with E-state index in [2.05, 4.69) is 27.0 Å². The summed E-state index contributed by atoms with van der Waals surface area (Å²) in [6.45, 7) is 3.89. The Morgan fingerprint density at radius 1 is 1.17 bits per heavy atom. The van der Waals surface area contributed by atoms with Crippen LogP contribution in [-0.2, 0) is 11.3 Å². The molecule has 186 valence electrons. The molecule has 1 saturated carbocycles. The van der Waals surface area contributed by atoms with Gasteiger partial charge >= 0.3 is 6.09 Å². The summed E-state index contributed by atoms with van der Waals surface area (Å²) in [5, 5.41) is 10.4. The van der Waals surface area contributed by atoms with E-state index in [0.29, 0.717) is 5.25 Å². The molecule has 2 aromatic heterocycles. The molecule has 9 heteroatoms. The molecule has 5 rings (SSSR count). The van der Waals surface area contributed by atoms with Crippen molar-refractivity contribution < 1.29 is 14.3 Å². The van der Waals surface area contributed by atoms with Gasteiger partial charge in [0.25, 0.3) is 0 Å². The number of hydrogen-bond acceptors (Lipinski definition) is 7. The highest BCUT2D eigenvalue weighted by molar-refractivity contribution is 7.99. The van der Waals surface area contributed by atoms with Crippen molar-refractivity contribution in [1.29, 1.82) is 0 Å². The fourth-order valence-electron chi connectivity index (χ4n) is 4.20. The topological polar surface area (TPSA) is 82.4 Å². The molecule has 1 saturated heterocycles. The van der Waals surface area contributed by atoms with E-state index >= 15 is 0 Å². The maximum absolute atomic E-state index is 11.7. The van der Waals surface area contributed by atoms with Gasteiger partial charge in [-0.25, -0.2) is 4.79 Å². The summed E-state index contributed by atoms with van der Waals surface area (Å²) in [7, 11) is 0. The van der Waals surface area contributed by atoms with Crippen LogP contribution >= 0.6 is 11.8 Å². The fourth-order valence-corrected chi connectivity index (χ4v) is 5.48. The molecule has 0 N–H and O–H groups in total. The van der Waals surface area contributed by atoms with E-state index < -0.39 is 0 Å². The number of ether oxygens (including phenoxy) is 2. The van der Waals surface area contributed by atoms with Crippen LogP contribution in [0.4, 0.5) is 4.79 Å². The first-order chi connectivity index (χ1) is 17.7. The zero-order chi connectivity index (χ0) is 24.7. The molecule has 0 bridgehead atoms. The molecule has 0 unspecified atom stereocenters. The monoisotopic (exact) mass is 503 g/mol. The Bertz CT molecular complexity index is 1260. The van der Waals surface area contributed by atoms with Crippen molar-refractivity contribution >= 4 is 17.9 Å². The summed E-state index contributed by atoms with van der Waals surface area (Å²) in [6, 6.07) is 9.69. The van der Waals surface area contributed by atoms with Crippen LogP contribution in [0, 0.1) is 18.8 Å². The minimum absolute atomic E-state index is 0.0816. The highest BCUT2D eigenvalue weighted by Crippen LogP contribution is 2.35. The lowest BCUT2D eigenvalue weighted by molar-refractivity contribution is 0.0907. The summed E-state index contributed by atoms with van der Waals surface area (Å²) in [5.41, 5.74) is 2.79. The van der Waals surface area contributed by atoms with Crippen LogP contribution in [0.3, 0.4) is 0 Å². The second-order valence-corrected chi connectivity index (χ2v) is 10.2. The zero-order valence-electron chi connectivity index (χ0n) is 20.4. The standard InChI is InChI=1S/C27H29N5O3S/c1-20-17-23(12-11-21(20)7-5-16-34-27(33)31-14-6-15-31)35-19-25-29-30-26(36-24-9-2-3-10-24)32(25)22-8-4-13-28-18-22/h4,8,11-13,17-18,24H,2-3,6,9-10,14-16,19H2,1H3. The largest absolute Gasteiger partial charge is 0.486 e. The molecule has 2 aliphatic rings. The fraction of sp³-hybridized carbons (Fsp3) is 0.407. The smallest absolute Gasteiger partial charge is 0.410 e. The number of thioether (sulfide) groups is 1. The number of amides is 1. The van der Waals surface area contributed by atoms with Crippen molar-refractivity contribution in [3.05, 3.63) is 59.7 Å². The summed E-state index contributed by atoms with van der Waals surface area (Å²) >= 11 is 1.79. The number of hydrogen-bond donors (Lipinski definition) is 0. The van der Waals surface area contributed by atoms with Gasteiger partial charge in [-0.2, -0.15) is 0 Å². The first-order valence-electron chi connectivity index (χ1n) is 12.3. The molecular formula is C27H29N5O3S. The maximum Gasteiger partial charge on any atom is 0.410 e. The van der Waals surface area contributed by atoms with Crippen LogP contribution in [0.2, 0.25) is 0 Å². The van der Waals surface area contributed by atoms with E-state index in [-0.39, 0.29) is 19.3 Å². The molecule has 36 heavy (non-hydrogen) atoms. The van der Waals surface area contributed by atoms with Crippen molar-refractivity contribution in [3.8, 4) is 23.3 Å². The van der Waals surface area contributed by atoms with Gasteiger partial charge in [-0.15, -0.1) is 10.2 Å². The normalized spacial score (nSPS) is 15.2. The van der Waals surface area contributed by atoms with Gasteiger partial charge in [-0.1, -0.05) is 36.4 Å². The third-order valence-corrected chi connectivity index (χ3v) is 7.63. The van der Waals surface area contributed by atoms with Gasteiger partial charge in [-0.3, -0.25) is 9.55 Å². The van der Waals surface area contributed by atoms with Crippen molar-refractivity contribution in [2.75, 3.05) is 19.7 Å². The third-order valence-electron chi connectivity index (χ3n) is 6.35. The van der Waals surface area contributed by atoms with Crippen molar-refractivity contribution in [3.63, 3.8) is 0 Å². The number of carbonyl (C=O) groups excluding carboxylic acids is 1. The molecule has 0 spiro atoms. The summed E-state index contributed by atoms with van der Waals surface area (Å²) in [6.07, 6.45) is 9.31. The molecule has 0 atom stereocenters. The highest BCUT2D eigenvalue weighted by atomic mass is 32.2. The predicted octanol–water partition coefficient (Wildman–Crippen LogP) is 4.78. The average Bonchev–Trinajstić information content (AvgIpc) is 3.51. The zero-order valence-corrected chi connectivity index (χ0v) is 21.2. The minimum atomic E-state index is -0.292. The molecule has 1 aromatic carbocycles. The lowest BCUT2D eigenvalue weighted by atomic mass is 10.1. The molecule has 2 fully saturated rings. The van der Waals surface area contributed by atoms with Gasteiger partial charge in [0.15, 0.2) is 17.6 Å². The molecule has 3 heterocycles. The second kappa shape index (κ2) is 11.5. The Labute approximate surface area is 215 Å². The number of aryl methyl sites for hydroxylation is 1. The van der Waals surface area contributed by atoms with E-state index in [9.17, 15) is 4.79 Å². The van der Waals surface area contributed by atoms with Crippen molar-refractivity contribution in [2.45, 2.75) is 56.0 Å². The number of aromatic nitrogens is 4. The maximum atomic E-state index is 11.7. The third kappa shape index (κ3) is 5.82. The number of nitrogens with zero attached hydrogens (tertiary/aromatic N) is 5. The van der Waals surface area contributed by atoms with Gasteiger partial charge in [-0.05, 0) is 62.1 Å². The average molecular weight is 504 g/mol. The first-order valence-corrected chi connectivity index (χ1v) is 13.2. The summed E-state index contributed by atoms with van der Waals surface area (Å²) < 4.78 is 13.3. The highest BCUT2D eigenvalue weighted by Gasteiger charge is 2.22. The van der Waals surface area contributed by atoms with E-state index in [0.717, 1.165) is 53.1 Å². The van der Waals surface area contributed by atoms with Crippen molar-refractivity contribution in [2.24, 2.45) is 0 Å². The predicted molar refractivity (Wildman–Crippen MR) is 137 cm³/mol. The molecule has 3 aromatic rings. The van der Waals surface area contributed by atoms with Gasteiger partial charge in [0.2, 0.25) is 0 Å². The quantitative estimate of drug-likeness (QED) is 0.429. The lowest BCUT2D eigenvalue weighted by Gasteiger charge is -2.29. The van der Waals surface area contributed by atoms with Gasteiger partial charge in [0.05, 0.1) is 11.9 Å². The van der Waals surface area contributed by atoms with Crippen LogP contribution in [-0.4, -0.2) is 55.7 Å². The van der Waals surface area contributed by atoms with Crippen LogP contribution < -0.4 is 4.74 Å². The molecule has 1 aliphatic carbocycles. The second-order valence-electron chi connectivity index (χ2n) is 8.93. The van der Waals surface area contributed by atoms with Crippen molar-refractivity contribution in [1.82, 2.24) is 24.6 Å². The Balaban J connectivity index is 1.23. The van der Waals surface area contributed by atoms with Gasteiger partial charge in [0, 0.05) is 30.1 Å². The first kappa shape index (κ1) is 24.2. The molecule has 0 radical (unpaired) electrons. The van der Waals surface area contributed by atoms with E-state index in [1.54, 1.807) is 22.9 Å². The lowest BCUT2D eigenvalue weighted by Crippen LogP contribution is -2.42. The number of likely N-dealkylation sites (tertiary alicyclic amines) is 1. The van der Waals surface area contributed by atoms with Crippen LogP contribution in [0.25, 0.3) is 5.69 Å². The number of pyridine rings is 1. The number of benzene rings is 1. The molecule has 1 amide bonds. The van der Waals surface area contributed by atoms with Gasteiger partial charge in [0.1, 0.15) is 12.4 Å². The van der Waals surface area contributed by atoms with E-state index in [4.69, 9.17) is 9.47 Å². The number of rotatable bonds is 7. The molecule has 1 aliphatic heterocycles. The SMILES string of the molecule is Cc1cc(OCc2nnc(SC3CCCC3)n2-c2cccnc2)ccc1C#CCOC(=O)N1CCC1. The Hall–Kier alpha value is -3.51. The van der Waals surface area contributed by atoms with Crippen LogP contribution in [0.15, 0.2) is 47.9 Å². The Morgan fingerprint density at radius 2 is 2.03 bits per heavy atom. The van der Waals surface area contributed by atoms with Crippen LogP contribution in [0.1, 0.15) is 49.1 Å².